The number of fused-ring (bicyclic) bond motifs is 1. The molecule has 0 fully saturated rings. The van der Waals surface area contributed by atoms with Gasteiger partial charge < -0.3 is 9.64 Å². The number of amides is 1. The SMILES string of the molecule is Cc1cc(OCC(=O)N(C)Cc2ccccc2)nc2c1c(-c1ccccc1)nn2-c1ccccc1. The maximum absolute atomic E-state index is 12.7. The molecule has 0 aliphatic carbocycles. The molecule has 3 aromatic carbocycles. The van der Waals surface area contributed by atoms with Crippen LogP contribution in [0.1, 0.15) is 11.1 Å². The molecule has 0 atom stereocenters. The van der Waals surface area contributed by atoms with Crippen LogP contribution in [-0.2, 0) is 11.3 Å². The van der Waals surface area contributed by atoms with E-state index in [0.29, 0.717) is 18.1 Å². The molecule has 2 aromatic heterocycles. The maximum Gasteiger partial charge on any atom is 0.260 e. The third kappa shape index (κ3) is 4.77. The smallest absolute Gasteiger partial charge is 0.260 e. The van der Waals surface area contributed by atoms with Crippen LogP contribution in [0.2, 0.25) is 0 Å². The van der Waals surface area contributed by atoms with Crippen molar-refractivity contribution in [3.8, 4) is 22.8 Å². The average Bonchev–Trinajstić information content (AvgIpc) is 3.29. The summed E-state index contributed by atoms with van der Waals surface area (Å²) in [5.41, 5.74) is 5.52. The predicted molar refractivity (Wildman–Crippen MR) is 137 cm³/mol. The van der Waals surface area contributed by atoms with Gasteiger partial charge in [-0.25, -0.2) is 4.68 Å². The molecule has 0 aliphatic heterocycles. The minimum Gasteiger partial charge on any atom is -0.467 e. The average molecular weight is 463 g/mol. The molecule has 0 bridgehead atoms. The van der Waals surface area contributed by atoms with Crippen LogP contribution in [0.15, 0.2) is 97.1 Å². The zero-order chi connectivity index (χ0) is 24.2. The fraction of sp³-hybridized carbons (Fsp3) is 0.138. The fourth-order valence-electron chi connectivity index (χ4n) is 4.08. The van der Waals surface area contributed by atoms with E-state index in [1.807, 2.05) is 109 Å². The Morgan fingerprint density at radius 1 is 0.914 bits per heavy atom. The molecule has 0 unspecified atom stereocenters. The zero-order valence-electron chi connectivity index (χ0n) is 19.8. The summed E-state index contributed by atoms with van der Waals surface area (Å²) in [6, 6.07) is 31.7. The van der Waals surface area contributed by atoms with Gasteiger partial charge in [-0.3, -0.25) is 4.79 Å². The van der Waals surface area contributed by atoms with Crippen molar-refractivity contribution in [2.24, 2.45) is 0 Å². The summed E-state index contributed by atoms with van der Waals surface area (Å²) in [5.74, 6) is 0.281. The first-order chi connectivity index (χ1) is 17.1. The number of ether oxygens (including phenoxy) is 1. The first-order valence-electron chi connectivity index (χ1n) is 11.5. The van der Waals surface area contributed by atoms with Gasteiger partial charge in [-0.2, -0.15) is 10.1 Å². The van der Waals surface area contributed by atoms with Gasteiger partial charge in [-0.05, 0) is 30.2 Å². The van der Waals surface area contributed by atoms with Gasteiger partial charge in [0.2, 0.25) is 5.88 Å². The van der Waals surface area contributed by atoms with E-state index in [1.54, 1.807) is 11.9 Å². The van der Waals surface area contributed by atoms with Crippen LogP contribution in [-0.4, -0.2) is 39.2 Å². The Morgan fingerprint density at radius 2 is 1.54 bits per heavy atom. The summed E-state index contributed by atoms with van der Waals surface area (Å²) < 4.78 is 7.71. The quantitative estimate of drug-likeness (QED) is 0.323. The van der Waals surface area contributed by atoms with Crippen molar-refractivity contribution in [1.29, 1.82) is 0 Å². The van der Waals surface area contributed by atoms with Crippen LogP contribution in [0.25, 0.3) is 28.0 Å². The van der Waals surface area contributed by atoms with Gasteiger partial charge in [-0.1, -0.05) is 78.9 Å². The molecule has 0 saturated carbocycles. The number of nitrogens with zero attached hydrogens (tertiary/aromatic N) is 4. The number of hydrogen-bond acceptors (Lipinski definition) is 4. The minimum atomic E-state index is -0.116. The number of carbonyl (C=O) groups excluding carboxylic acids is 1. The molecule has 5 aromatic rings. The van der Waals surface area contributed by atoms with Crippen molar-refractivity contribution in [2.75, 3.05) is 13.7 Å². The Balaban J connectivity index is 1.46. The lowest BCUT2D eigenvalue weighted by Crippen LogP contribution is -2.31. The Morgan fingerprint density at radius 3 is 2.23 bits per heavy atom. The highest BCUT2D eigenvalue weighted by Crippen LogP contribution is 2.33. The maximum atomic E-state index is 12.7. The number of aromatic nitrogens is 3. The Labute approximate surface area is 204 Å². The van der Waals surface area contributed by atoms with Crippen LogP contribution in [0.5, 0.6) is 5.88 Å². The van der Waals surface area contributed by atoms with Crippen LogP contribution in [0, 0.1) is 6.92 Å². The number of aryl methyl sites for hydroxylation is 1. The largest absolute Gasteiger partial charge is 0.467 e. The number of carbonyl (C=O) groups is 1. The highest BCUT2D eigenvalue weighted by atomic mass is 16.5. The van der Waals surface area contributed by atoms with Gasteiger partial charge in [-0.15, -0.1) is 0 Å². The predicted octanol–water partition coefficient (Wildman–Crippen LogP) is 5.43. The number of hydrogen-bond donors (Lipinski definition) is 0. The first kappa shape index (κ1) is 22.3. The minimum absolute atomic E-state index is 0.0910. The van der Waals surface area contributed by atoms with Crippen molar-refractivity contribution >= 4 is 16.9 Å². The highest BCUT2D eigenvalue weighted by Gasteiger charge is 2.19. The summed E-state index contributed by atoms with van der Waals surface area (Å²) in [7, 11) is 1.77. The number of para-hydroxylation sites is 1. The molecule has 174 valence electrons. The molecule has 35 heavy (non-hydrogen) atoms. The van der Waals surface area contributed by atoms with E-state index < -0.39 is 0 Å². The Hall–Kier alpha value is -4.45. The molecular formula is C29H26N4O2. The lowest BCUT2D eigenvalue weighted by atomic mass is 10.1. The third-order valence-electron chi connectivity index (χ3n) is 5.89. The van der Waals surface area contributed by atoms with Crippen molar-refractivity contribution in [2.45, 2.75) is 13.5 Å². The molecule has 2 heterocycles. The monoisotopic (exact) mass is 462 g/mol. The molecule has 0 radical (unpaired) electrons. The van der Waals surface area contributed by atoms with Crippen LogP contribution in [0.3, 0.4) is 0 Å². The summed E-state index contributed by atoms with van der Waals surface area (Å²) >= 11 is 0. The van der Waals surface area contributed by atoms with E-state index >= 15 is 0 Å². The third-order valence-corrected chi connectivity index (χ3v) is 5.89. The first-order valence-corrected chi connectivity index (χ1v) is 11.5. The van der Waals surface area contributed by atoms with E-state index in [0.717, 1.165) is 33.5 Å². The van der Waals surface area contributed by atoms with Crippen LogP contribution < -0.4 is 4.74 Å². The second-order valence-electron chi connectivity index (χ2n) is 8.46. The van der Waals surface area contributed by atoms with Crippen molar-refractivity contribution in [3.05, 3.63) is 108 Å². The topological polar surface area (TPSA) is 60.2 Å². The van der Waals surface area contributed by atoms with Gasteiger partial charge >= 0.3 is 0 Å². The molecule has 1 amide bonds. The van der Waals surface area contributed by atoms with Gasteiger partial charge in [0.05, 0.1) is 11.1 Å². The van der Waals surface area contributed by atoms with Crippen molar-refractivity contribution < 1.29 is 9.53 Å². The Bertz CT molecular complexity index is 1450. The van der Waals surface area contributed by atoms with E-state index in [4.69, 9.17) is 14.8 Å². The van der Waals surface area contributed by atoms with E-state index in [9.17, 15) is 4.79 Å². The van der Waals surface area contributed by atoms with Gasteiger partial charge in [0.1, 0.15) is 5.69 Å². The van der Waals surface area contributed by atoms with Gasteiger partial charge in [0, 0.05) is 25.2 Å². The highest BCUT2D eigenvalue weighted by molar-refractivity contribution is 5.95. The second kappa shape index (κ2) is 9.81. The number of rotatable bonds is 7. The molecular weight excluding hydrogens is 436 g/mol. The molecule has 0 N–H and O–H groups in total. The molecule has 6 heteroatoms. The molecule has 5 rings (SSSR count). The summed E-state index contributed by atoms with van der Waals surface area (Å²) in [6.07, 6.45) is 0. The van der Waals surface area contributed by atoms with Gasteiger partial charge in [0.15, 0.2) is 12.3 Å². The van der Waals surface area contributed by atoms with Crippen molar-refractivity contribution in [3.63, 3.8) is 0 Å². The van der Waals surface area contributed by atoms with Gasteiger partial charge in [0.25, 0.3) is 5.91 Å². The zero-order valence-corrected chi connectivity index (χ0v) is 19.8. The summed E-state index contributed by atoms with van der Waals surface area (Å²) in [6.45, 7) is 2.45. The number of benzene rings is 3. The van der Waals surface area contributed by atoms with Crippen LogP contribution >= 0.6 is 0 Å². The molecule has 0 aliphatic rings. The fourth-order valence-corrected chi connectivity index (χ4v) is 4.08. The molecule has 0 spiro atoms. The van der Waals surface area contributed by atoms with E-state index in [-0.39, 0.29) is 12.5 Å². The van der Waals surface area contributed by atoms with E-state index in [2.05, 4.69) is 0 Å². The molecule has 0 saturated heterocycles. The summed E-state index contributed by atoms with van der Waals surface area (Å²) in [4.78, 5) is 19.1. The normalized spacial score (nSPS) is 10.9. The Kier molecular flexibility index (Phi) is 6.26. The number of likely N-dealkylation sites (N-methyl/N-ethyl adjacent to an activating group) is 1. The molecule has 6 nitrogen and oxygen atoms in total. The van der Waals surface area contributed by atoms with Crippen molar-refractivity contribution in [1.82, 2.24) is 19.7 Å². The summed E-state index contributed by atoms with van der Waals surface area (Å²) in [5, 5.41) is 5.88. The van der Waals surface area contributed by atoms with Crippen LogP contribution in [0.4, 0.5) is 0 Å². The standard InChI is InChI=1S/C29H26N4O2/c1-21-18-25(35-20-26(34)32(2)19-22-12-6-3-7-13-22)30-29-27(21)28(23-14-8-4-9-15-23)31-33(29)24-16-10-5-11-17-24/h3-18H,19-20H2,1-2H3. The lowest BCUT2D eigenvalue weighted by molar-refractivity contribution is -0.132. The second-order valence-corrected chi connectivity index (χ2v) is 8.46. The number of pyridine rings is 1. The lowest BCUT2D eigenvalue weighted by Gasteiger charge is -2.17. The van der Waals surface area contributed by atoms with E-state index in [1.165, 1.54) is 0 Å².